The van der Waals surface area contributed by atoms with E-state index < -0.39 is 0 Å². The maximum absolute atomic E-state index is 4.34. The van der Waals surface area contributed by atoms with Crippen molar-refractivity contribution in [2.45, 2.75) is 6.54 Å². The molecule has 2 aromatic heterocycles. The minimum absolute atomic E-state index is 0.733. The molecule has 0 saturated carbocycles. The molecule has 0 bridgehead atoms. The van der Waals surface area contributed by atoms with E-state index in [9.17, 15) is 0 Å². The number of aromatic nitrogens is 4. The first-order valence-electron chi connectivity index (χ1n) is 5.28. The maximum Gasteiger partial charge on any atom is 0.233 e. The van der Waals surface area contributed by atoms with Gasteiger partial charge in [-0.05, 0) is 13.1 Å². The molecule has 3 aromatic rings. The highest BCUT2D eigenvalue weighted by Crippen LogP contribution is 2.20. The van der Waals surface area contributed by atoms with Crippen molar-refractivity contribution in [1.29, 1.82) is 0 Å². The number of rotatable bonds is 3. The summed E-state index contributed by atoms with van der Waals surface area (Å²) in [6.07, 6.45) is 1.84. The summed E-state index contributed by atoms with van der Waals surface area (Å²) in [6, 6.07) is 8.06. The number of nitrogens with zero attached hydrogens (tertiary/aromatic N) is 4. The van der Waals surface area contributed by atoms with Gasteiger partial charge >= 0.3 is 0 Å². The largest absolute Gasteiger partial charge is 0.313 e. The Hall–Kier alpha value is -1.79. The van der Waals surface area contributed by atoms with Crippen LogP contribution in [0.3, 0.4) is 0 Å². The minimum Gasteiger partial charge on any atom is -0.313 e. The summed E-state index contributed by atoms with van der Waals surface area (Å²) in [7, 11) is 1.89. The quantitative estimate of drug-likeness (QED) is 0.761. The molecule has 0 saturated heterocycles. The number of hydrogen-bond donors (Lipinski definition) is 1. The third-order valence-corrected chi connectivity index (χ3v) is 3.34. The molecule has 1 N–H and O–H groups in total. The predicted molar refractivity (Wildman–Crippen MR) is 67.3 cm³/mol. The predicted octanol–water partition coefficient (Wildman–Crippen LogP) is 1.60. The summed E-state index contributed by atoms with van der Waals surface area (Å²) < 4.78 is 1.83. The molecular weight excluding hydrogens is 234 g/mol. The summed E-state index contributed by atoms with van der Waals surface area (Å²) >= 11 is 1.55. The van der Waals surface area contributed by atoms with Gasteiger partial charge < -0.3 is 5.32 Å². The molecule has 0 amide bonds. The van der Waals surface area contributed by atoms with Crippen LogP contribution in [0.4, 0.5) is 0 Å². The average molecular weight is 245 g/mol. The van der Waals surface area contributed by atoms with Crippen molar-refractivity contribution in [1.82, 2.24) is 25.3 Å². The van der Waals surface area contributed by atoms with E-state index in [1.165, 1.54) is 0 Å². The molecule has 0 aliphatic rings. The Balaban J connectivity index is 2.07. The zero-order valence-electron chi connectivity index (χ0n) is 9.29. The number of para-hydroxylation sites is 1. The van der Waals surface area contributed by atoms with E-state index in [4.69, 9.17) is 0 Å². The second-order valence-electron chi connectivity index (χ2n) is 3.62. The van der Waals surface area contributed by atoms with Crippen LogP contribution in [-0.4, -0.2) is 27.0 Å². The van der Waals surface area contributed by atoms with Gasteiger partial charge in [-0.25, -0.2) is 4.68 Å². The highest BCUT2D eigenvalue weighted by molar-refractivity contribution is 7.13. The van der Waals surface area contributed by atoms with Gasteiger partial charge in [-0.2, -0.15) is 5.10 Å². The van der Waals surface area contributed by atoms with E-state index in [2.05, 4.69) is 20.6 Å². The van der Waals surface area contributed by atoms with E-state index in [0.29, 0.717) is 0 Å². The summed E-state index contributed by atoms with van der Waals surface area (Å²) in [4.78, 5) is 0. The number of benzene rings is 1. The van der Waals surface area contributed by atoms with Crippen LogP contribution in [-0.2, 0) is 6.54 Å². The molecule has 0 unspecified atom stereocenters. The molecule has 0 radical (unpaired) electrons. The van der Waals surface area contributed by atoms with Gasteiger partial charge in [0.05, 0.1) is 11.7 Å². The van der Waals surface area contributed by atoms with Crippen LogP contribution in [0, 0.1) is 0 Å². The zero-order valence-corrected chi connectivity index (χ0v) is 10.1. The van der Waals surface area contributed by atoms with Crippen LogP contribution < -0.4 is 5.32 Å². The fourth-order valence-corrected chi connectivity index (χ4v) is 2.50. The molecule has 1 aromatic carbocycles. The standard InChI is InChI=1S/C11H11N5S/c1-12-7-10-14-15-11(17-10)16-9-5-3-2-4-8(9)6-13-16/h2-6,12H,7H2,1H3. The third-order valence-electron chi connectivity index (χ3n) is 2.44. The van der Waals surface area contributed by atoms with Crippen molar-refractivity contribution in [3.05, 3.63) is 35.5 Å². The van der Waals surface area contributed by atoms with Gasteiger partial charge in [0.2, 0.25) is 5.13 Å². The second-order valence-corrected chi connectivity index (χ2v) is 4.66. The first-order chi connectivity index (χ1) is 8.38. The van der Waals surface area contributed by atoms with Gasteiger partial charge in [0.15, 0.2) is 0 Å². The van der Waals surface area contributed by atoms with Gasteiger partial charge in [0, 0.05) is 11.9 Å². The van der Waals surface area contributed by atoms with Gasteiger partial charge in [-0.3, -0.25) is 0 Å². The highest BCUT2D eigenvalue weighted by Gasteiger charge is 2.09. The minimum atomic E-state index is 0.733. The van der Waals surface area contributed by atoms with Gasteiger partial charge in [0.1, 0.15) is 5.01 Å². The van der Waals surface area contributed by atoms with E-state index >= 15 is 0 Å². The third kappa shape index (κ3) is 1.81. The second kappa shape index (κ2) is 4.23. The number of hydrogen-bond acceptors (Lipinski definition) is 5. The van der Waals surface area contributed by atoms with Crippen LogP contribution >= 0.6 is 11.3 Å². The van der Waals surface area contributed by atoms with Gasteiger partial charge in [-0.1, -0.05) is 29.5 Å². The van der Waals surface area contributed by atoms with Crippen molar-refractivity contribution in [3.63, 3.8) is 0 Å². The van der Waals surface area contributed by atoms with Crippen molar-refractivity contribution in [2.75, 3.05) is 7.05 Å². The number of fused-ring (bicyclic) bond motifs is 1. The van der Waals surface area contributed by atoms with Gasteiger partial charge in [-0.15, -0.1) is 10.2 Å². The van der Waals surface area contributed by atoms with Crippen molar-refractivity contribution in [3.8, 4) is 5.13 Å². The lowest BCUT2D eigenvalue weighted by Gasteiger charge is -1.95. The molecule has 6 heteroatoms. The smallest absolute Gasteiger partial charge is 0.233 e. The SMILES string of the molecule is CNCc1nnc(-n2ncc3ccccc32)s1. The molecule has 3 rings (SSSR count). The van der Waals surface area contributed by atoms with Gasteiger partial charge in [0.25, 0.3) is 0 Å². The van der Waals surface area contributed by atoms with E-state index in [-0.39, 0.29) is 0 Å². The molecule has 0 spiro atoms. The summed E-state index contributed by atoms with van der Waals surface area (Å²) in [5.74, 6) is 0. The Morgan fingerprint density at radius 2 is 2.18 bits per heavy atom. The maximum atomic E-state index is 4.34. The lowest BCUT2D eigenvalue weighted by molar-refractivity contribution is 0.788. The molecule has 0 aliphatic heterocycles. The first-order valence-corrected chi connectivity index (χ1v) is 6.10. The van der Waals surface area contributed by atoms with Crippen molar-refractivity contribution < 1.29 is 0 Å². The van der Waals surface area contributed by atoms with Crippen molar-refractivity contribution in [2.24, 2.45) is 0 Å². The number of nitrogens with one attached hydrogen (secondary N) is 1. The molecule has 17 heavy (non-hydrogen) atoms. The Morgan fingerprint density at radius 3 is 3.06 bits per heavy atom. The Labute approximate surface area is 102 Å². The molecule has 86 valence electrons. The Bertz CT molecular complexity index is 642. The normalized spacial score (nSPS) is 11.1. The summed E-state index contributed by atoms with van der Waals surface area (Å²) in [5.41, 5.74) is 1.06. The summed E-state index contributed by atoms with van der Waals surface area (Å²) in [5, 5.41) is 18.5. The van der Waals surface area contributed by atoms with E-state index in [1.54, 1.807) is 11.3 Å². The molecular formula is C11H11N5S. The fraction of sp³-hybridized carbons (Fsp3) is 0.182. The molecule has 0 atom stereocenters. The summed E-state index contributed by atoms with van der Waals surface area (Å²) in [6.45, 7) is 0.733. The first kappa shape index (κ1) is 10.4. The molecule has 5 nitrogen and oxygen atoms in total. The average Bonchev–Trinajstić information content (AvgIpc) is 2.95. The highest BCUT2D eigenvalue weighted by atomic mass is 32.1. The molecule has 0 fully saturated rings. The Kier molecular flexibility index (Phi) is 2.58. The lowest BCUT2D eigenvalue weighted by atomic mass is 10.3. The van der Waals surface area contributed by atoms with Crippen LogP contribution in [0.2, 0.25) is 0 Å². The Morgan fingerprint density at radius 1 is 1.29 bits per heavy atom. The molecule has 0 aliphatic carbocycles. The van der Waals surface area contributed by atoms with Crippen LogP contribution in [0.5, 0.6) is 0 Å². The fourth-order valence-electron chi connectivity index (χ4n) is 1.68. The lowest BCUT2D eigenvalue weighted by Crippen LogP contribution is -2.04. The van der Waals surface area contributed by atoms with Crippen LogP contribution in [0.15, 0.2) is 30.5 Å². The van der Waals surface area contributed by atoms with E-state index in [1.807, 2.05) is 42.2 Å². The molecule has 2 heterocycles. The topological polar surface area (TPSA) is 55.6 Å². The monoisotopic (exact) mass is 245 g/mol. The van der Waals surface area contributed by atoms with Crippen LogP contribution in [0.25, 0.3) is 16.0 Å². The van der Waals surface area contributed by atoms with E-state index in [0.717, 1.165) is 27.6 Å². The van der Waals surface area contributed by atoms with Crippen molar-refractivity contribution >= 4 is 22.2 Å². The zero-order chi connectivity index (χ0) is 11.7. The van der Waals surface area contributed by atoms with Crippen LogP contribution in [0.1, 0.15) is 5.01 Å².